The monoisotopic (exact) mass is 603 g/mol. The molecule has 0 heterocycles. The fourth-order valence-electron chi connectivity index (χ4n) is 3.85. The first-order chi connectivity index (χ1) is 19.4. The van der Waals surface area contributed by atoms with Gasteiger partial charge in [0.15, 0.2) is 0 Å². The van der Waals surface area contributed by atoms with Gasteiger partial charge in [-0.05, 0) is 30.5 Å². The second-order valence-electron chi connectivity index (χ2n) is 9.15. The molecule has 0 saturated heterocycles. The molecule has 2 aromatic carbocycles. The molecule has 0 bridgehead atoms. The zero-order valence-corrected chi connectivity index (χ0v) is 23.7. The predicted molar refractivity (Wildman–Crippen MR) is 145 cm³/mol. The number of carbonyl (C=O) groups is 2. The molecule has 0 saturated carbocycles. The zero-order chi connectivity index (χ0) is 30.5. The number of benzene rings is 2. The maximum atomic E-state index is 13.6. The van der Waals surface area contributed by atoms with Crippen molar-refractivity contribution in [3.8, 4) is 5.75 Å². The summed E-state index contributed by atoms with van der Waals surface area (Å²) in [6.45, 7) is 0.584. The van der Waals surface area contributed by atoms with E-state index < -0.39 is 53.5 Å². The average Bonchev–Trinajstić information content (AvgIpc) is 2.94. The molecule has 3 N–H and O–H groups in total. The van der Waals surface area contributed by atoms with Gasteiger partial charge in [0, 0.05) is 19.2 Å². The van der Waals surface area contributed by atoms with Crippen LogP contribution in [0.3, 0.4) is 0 Å². The minimum Gasteiger partial charge on any atom is -0.497 e. The Morgan fingerprint density at radius 3 is 2.41 bits per heavy atom. The number of ether oxygens (including phenoxy) is 2. The fourth-order valence-corrected chi connectivity index (χ4v) is 5.38. The number of carbonyl (C=O) groups excluding carboxylic acids is 2. The largest absolute Gasteiger partial charge is 0.497 e. The van der Waals surface area contributed by atoms with Crippen molar-refractivity contribution >= 4 is 22.0 Å². The first kappa shape index (κ1) is 33.8. The van der Waals surface area contributed by atoms with Crippen LogP contribution in [0, 0.1) is 0 Å². The normalized spacial score (nSPS) is 13.3. The van der Waals surface area contributed by atoms with Crippen LogP contribution in [0.4, 0.5) is 18.0 Å². The molecule has 0 fully saturated rings. The van der Waals surface area contributed by atoms with E-state index in [1.54, 1.807) is 47.8 Å². The number of aliphatic hydroxyl groups is 1. The summed E-state index contributed by atoms with van der Waals surface area (Å²) in [6, 6.07) is 13.7. The Labute approximate surface area is 237 Å². The second-order valence-corrected chi connectivity index (χ2v) is 11.1. The Morgan fingerprint density at radius 1 is 1.07 bits per heavy atom. The van der Waals surface area contributed by atoms with Crippen LogP contribution in [0.1, 0.15) is 31.7 Å². The van der Waals surface area contributed by atoms with E-state index in [1.165, 1.54) is 19.2 Å². The topological polar surface area (TPSA) is 134 Å². The molecule has 14 heteroatoms. The Balaban J connectivity index is 2.19. The number of alkyl halides is 3. The van der Waals surface area contributed by atoms with Crippen molar-refractivity contribution in [1.29, 1.82) is 0 Å². The van der Waals surface area contributed by atoms with E-state index in [4.69, 9.17) is 9.47 Å². The van der Waals surface area contributed by atoms with Crippen molar-refractivity contribution < 1.29 is 45.8 Å². The second kappa shape index (κ2) is 16.2. The van der Waals surface area contributed by atoms with Gasteiger partial charge in [0.1, 0.15) is 12.4 Å². The summed E-state index contributed by atoms with van der Waals surface area (Å²) < 4.78 is 75.3. The molecular formula is C27H36F3N3O7S. The highest BCUT2D eigenvalue weighted by Crippen LogP contribution is 2.22. The van der Waals surface area contributed by atoms with E-state index in [0.717, 1.165) is 22.7 Å². The number of amides is 2. The Hall–Kier alpha value is -3.36. The van der Waals surface area contributed by atoms with Gasteiger partial charge in [-0.3, -0.25) is 4.79 Å². The molecule has 2 atom stereocenters. The number of alkyl carbamates (subject to hydrolysis) is 1. The van der Waals surface area contributed by atoms with Gasteiger partial charge < -0.3 is 25.2 Å². The number of methoxy groups -OCH3 is 1. The van der Waals surface area contributed by atoms with Crippen LogP contribution >= 0.6 is 0 Å². The van der Waals surface area contributed by atoms with Crippen molar-refractivity contribution in [3.05, 3.63) is 60.2 Å². The van der Waals surface area contributed by atoms with E-state index in [9.17, 15) is 36.3 Å². The number of sulfonamides is 1. The van der Waals surface area contributed by atoms with E-state index in [1.807, 2.05) is 6.92 Å². The van der Waals surface area contributed by atoms with Crippen LogP contribution in [0.25, 0.3) is 0 Å². The molecule has 0 aliphatic rings. The van der Waals surface area contributed by atoms with Gasteiger partial charge in [-0.15, -0.1) is 0 Å². The summed E-state index contributed by atoms with van der Waals surface area (Å²) in [5, 5.41) is 15.3. The quantitative estimate of drug-likeness (QED) is 0.251. The van der Waals surface area contributed by atoms with Crippen molar-refractivity contribution in [2.24, 2.45) is 0 Å². The van der Waals surface area contributed by atoms with Crippen LogP contribution < -0.4 is 15.4 Å². The highest BCUT2D eigenvalue weighted by atomic mass is 32.2. The fraction of sp³-hybridized carbons (Fsp3) is 0.481. The SMILES string of the molecule is CCCCCN(C[C@@H](O)C(Cc1ccccc1)NC(=O)OCCNC(=O)C(F)(F)F)S(=O)(=O)c1cccc(OC)c1. The van der Waals surface area contributed by atoms with Gasteiger partial charge in [-0.2, -0.15) is 17.5 Å². The number of nitrogens with one attached hydrogen (secondary N) is 2. The van der Waals surface area contributed by atoms with Crippen molar-refractivity contribution in [2.45, 2.75) is 55.8 Å². The molecular weight excluding hydrogens is 567 g/mol. The Morgan fingerprint density at radius 2 is 1.78 bits per heavy atom. The smallest absolute Gasteiger partial charge is 0.471 e. The lowest BCUT2D eigenvalue weighted by Crippen LogP contribution is -2.51. The number of aliphatic hydroxyl groups excluding tert-OH is 1. The van der Waals surface area contributed by atoms with Crippen LogP contribution in [0.2, 0.25) is 0 Å². The molecule has 2 rings (SSSR count). The molecule has 228 valence electrons. The highest BCUT2D eigenvalue weighted by Gasteiger charge is 2.38. The highest BCUT2D eigenvalue weighted by molar-refractivity contribution is 7.89. The van der Waals surface area contributed by atoms with Gasteiger partial charge in [0.25, 0.3) is 0 Å². The van der Waals surface area contributed by atoms with Crippen LogP contribution in [0.15, 0.2) is 59.5 Å². The minimum atomic E-state index is -5.07. The van der Waals surface area contributed by atoms with Gasteiger partial charge in [-0.1, -0.05) is 56.2 Å². The first-order valence-corrected chi connectivity index (χ1v) is 14.5. The average molecular weight is 604 g/mol. The Kier molecular flexibility index (Phi) is 13.4. The maximum Gasteiger partial charge on any atom is 0.471 e. The van der Waals surface area contributed by atoms with E-state index in [2.05, 4.69) is 5.32 Å². The third-order valence-corrected chi connectivity index (χ3v) is 7.89. The van der Waals surface area contributed by atoms with Gasteiger partial charge in [0.05, 0.1) is 30.7 Å². The lowest BCUT2D eigenvalue weighted by molar-refractivity contribution is -0.173. The molecule has 2 aromatic rings. The van der Waals surface area contributed by atoms with Gasteiger partial charge >= 0.3 is 18.2 Å². The van der Waals surface area contributed by atoms with E-state index >= 15 is 0 Å². The van der Waals surface area contributed by atoms with Gasteiger partial charge in [0.2, 0.25) is 10.0 Å². The lowest BCUT2D eigenvalue weighted by Gasteiger charge is -2.30. The summed E-state index contributed by atoms with van der Waals surface area (Å²) in [6.07, 6.45) is -5.29. The van der Waals surface area contributed by atoms with Crippen LogP contribution in [-0.2, 0) is 26.0 Å². The molecule has 2 amide bonds. The molecule has 10 nitrogen and oxygen atoms in total. The first-order valence-electron chi connectivity index (χ1n) is 13.0. The van der Waals surface area contributed by atoms with Crippen LogP contribution in [-0.4, -0.2) is 81.5 Å². The van der Waals surface area contributed by atoms with E-state index in [0.29, 0.717) is 12.2 Å². The standard InChI is InChI=1S/C27H36F3N3O7S/c1-3-4-8-15-33(41(37,38)22-13-9-12-21(18-22)39-2)19-24(34)23(17-20-10-6-5-7-11-20)32-26(36)40-16-14-31-25(35)27(28,29)30/h5-7,9-13,18,23-24,34H,3-4,8,14-17,19H2,1-2H3,(H,31,35)(H,32,36)/t23?,24-/m1/s1. The summed E-state index contributed by atoms with van der Waals surface area (Å²) in [5.41, 5.74) is 0.725. The molecule has 0 aliphatic carbocycles. The number of hydrogen-bond acceptors (Lipinski definition) is 7. The summed E-state index contributed by atoms with van der Waals surface area (Å²) in [7, 11) is -2.65. The minimum absolute atomic E-state index is 0.0200. The zero-order valence-electron chi connectivity index (χ0n) is 22.9. The number of rotatable bonds is 16. The van der Waals surface area contributed by atoms with E-state index in [-0.39, 0.29) is 24.4 Å². The van der Waals surface area contributed by atoms with Gasteiger partial charge in [-0.25, -0.2) is 13.2 Å². The number of unbranched alkanes of at least 4 members (excludes halogenated alkanes) is 2. The predicted octanol–water partition coefficient (Wildman–Crippen LogP) is 3.25. The molecule has 0 aromatic heterocycles. The summed E-state index contributed by atoms with van der Waals surface area (Å²) in [5.74, 6) is -1.82. The lowest BCUT2D eigenvalue weighted by atomic mass is 10.0. The third kappa shape index (κ3) is 11.2. The third-order valence-electron chi connectivity index (χ3n) is 6.03. The molecule has 41 heavy (non-hydrogen) atoms. The molecule has 0 spiro atoms. The molecule has 0 aliphatic heterocycles. The Bertz CT molecular complexity index is 1210. The number of halogens is 3. The maximum absolute atomic E-state index is 13.6. The van der Waals surface area contributed by atoms with Crippen LogP contribution in [0.5, 0.6) is 5.75 Å². The molecule has 0 radical (unpaired) electrons. The van der Waals surface area contributed by atoms with Crippen molar-refractivity contribution in [1.82, 2.24) is 14.9 Å². The summed E-state index contributed by atoms with van der Waals surface area (Å²) >= 11 is 0. The number of hydrogen-bond donors (Lipinski definition) is 3. The molecule has 1 unspecified atom stereocenters. The number of nitrogens with zero attached hydrogens (tertiary/aromatic N) is 1. The van der Waals surface area contributed by atoms with Crippen molar-refractivity contribution in [3.63, 3.8) is 0 Å². The summed E-state index contributed by atoms with van der Waals surface area (Å²) in [4.78, 5) is 23.3. The van der Waals surface area contributed by atoms with Crippen molar-refractivity contribution in [2.75, 3.05) is 33.4 Å².